The molecule has 2 amide bonds. The summed E-state index contributed by atoms with van der Waals surface area (Å²) in [5, 5.41) is 5.51. The van der Waals surface area contributed by atoms with Gasteiger partial charge in [0.05, 0.1) is 9.75 Å². The van der Waals surface area contributed by atoms with E-state index in [1.54, 1.807) is 36.7 Å². The van der Waals surface area contributed by atoms with Crippen LogP contribution in [0.4, 0.5) is 11.6 Å². The van der Waals surface area contributed by atoms with Gasteiger partial charge in [0, 0.05) is 12.4 Å². The Balaban J connectivity index is 1.71. The van der Waals surface area contributed by atoms with Crippen molar-refractivity contribution in [3.63, 3.8) is 0 Å². The predicted octanol–water partition coefficient (Wildman–Crippen LogP) is 3.66. The minimum atomic E-state index is -0.292. The standard InChI is InChI=1S/C18H16N4O2S/c1-11-5-3-9-19-15(11)21-17(23)13-7-8-14(25-13)18(24)22-16-12(2)6-4-10-20-16/h3-10H,1-2H3,(H,19,21,23)(H,20,22,24). The quantitative estimate of drug-likeness (QED) is 0.750. The number of carbonyl (C=O) groups is 2. The van der Waals surface area contributed by atoms with E-state index >= 15 is 0 Å². The lowest BCUT2D eigenvalue weighted by Gasteiger charge is -2.06. The molecule has 0 unspecified atom stereocenters. The first kappa shape index (κ1) is 16.8. The normalized spacial score (nSPS) is 10.3. The Labute approximate surface area is 149 Å². The molecule has 3 heterocycles. The van der Waals surface area contributed by atoms with Gasteiger partial charge in [-0.25, -0.2) is 9.97 Å². The number of carbonyl (C=O) groups excluding carboxylic acids is 2. The number of aryl methyl sites for hydroxylation is 2. The molecule has 0 saturated carbocycles. The lowest BCUT2D eigenvalue weighted by atomic mass is 10.3. The maximum absolute atomic E-state index is 12.3. The first-order valence-corrected chi connectivity index (χ1v) is 8.42. The third-order valence-electron chi connectivity index (χ3n) is 3.54. The zero-order valence-electron chi connectivity index (χ0n) is 13.7. The highest BCUT2D eigenvalue weighted by Crippen LogP contribution is 2.20. The second kappa shape index (κ2) is 7.23. The summed E-state index contributed by atoms with van der Waals surface area (Å²) < 4.78 is 0. The molecule has 0 atom stereocenters. The molecule has 0 aliphatic heterocycles. The molecule has 3 aromatic heterocycles. The molecule has 3 rings (SSSR count). The van der Waals surface area contributed by atoms with Crippen molar-refractivity contribution in [2.24, 2.45) is 0 Å². The van der Waals surface area contributed by atoms with E-state index in [9.17, 15) is 9.59 Å². The minimum Gasteiger partial charge on any atom is -0.306 e. The Hall–Kier alpha value is -3.06. The third kappa shape index (κ3) is 3.89. The van der Waals surface area contributed by atoms with E-state index in [1.165, 1.54) is 0 Å². The van der Waals surface area contributed by atoms with Crippen LogP contribution in [0, 0.1) is 13.8 Å². The van der Waals surface area contributed by atoms with E-state index in [0.29, 0.717) is 21.4 Å². The largest absolute Gasteiger partial charge is 0.306 e. The molecule has 6 nitrogen and oxygen atoms in total. The maximum atomic E-state index is 12.3. The SMILES string of the molecule is Cc1cccnc1NC(=O)c1ccc(C(=O)Nc2ncccc2C)s1. The third-order valence-corrected chi connectivity index (χ3v) is 4.62. The van der Waals surface area contributed by atoms with E-state index in [0.717, 1.165) is 22.5 Å². The topological polar surface area (TPSA) is 84.0 Å². The van der Waals surface area contributed by atoms with E-state index < -0.39 is 0 Å². The Morgan fingerprint density at radius 2 is 1.24 bits per heavy atom. The summed E-state index contributed by atoms with van der Waals surface area (Å²) in [6.45, 7) is 3.73. The highest BCUT2D eigenvalue weighted by Gasteiger charge is 2.16. The summed E-state index contributed by atoms with van der Waals surface area (Å²) in [4.78, 5) is 33.8. The van der Waals surface area contributed by atoms with Crippen LogP contribution >= 0.6 is 11.3 Å². The fourth-order valence-electron chi connectivity index (χ4n) is 2.15. The summed E-state index contributed by atoms with van der Waals surface area (Å²) in [6, 6.07) is 10.6. The molecule has 2 N–H and O–H groups in total. The highest BCUT2D eigenvalue weighted by atomic mass is 32.1. The number of hydrogen-bond donors (Lipinski definition) is 2. The fraction of sp³-hybridized carbons (Fsp3) is 0.111. The molecule has 0 aliphatic rings. The van der Waals surface area contributed by atoms with Crippen molar-refractivity contribution in [2.45, 2.75) is 13.8 Å². The Kier molecular flexibility index (Phi) is 4.85. The van der Waals surface area contributed by atoms with E-state index in [1.807, 2.05) is 26.0 Å². The molecule has 0 aromatic carbocycles. The second-order valence-electron chi connectivity index (χ2n) is 5.41. The summed E-state index contributed by atoms with van der Waals surface area (Å²) >= 11 is 1.12. The van der Waals surface area contributed by atoms with Gasteiger partial charge in [-0.1, -0.05) is 12.1 Å². The van der Waals surface area contributed by atoms with Crippen molar-refractivity contribution in [1.82, 2.24) is 9.97 Å². The van der Waals surface area contributed by atoms with Crippen molar-refractivity contribution in [3.8, 4) is 0 Å². The zero-order valence-corrected chi connectivity index (χ0v) is 14.6. The molecule has 0 fully saturated rings. The molecule has 25 heavy (non-hydrogen) atoms. The van der Waals surface area contributed by atoms with Crippen LogP contribution in [0.1, 0.15) is 30.5 Å². The van der Waals surface area contributed by atoms with Crippen molar-refractivity contribution >= 4 is 34.8 Å². The molecule has 3 aromatic rings. The van der Waals surface area contributed by atoms with Gasteiger partial charge in [-0.2, -0.15) is 0 Å². The molecule has 0 saturated heterocycles. The number of thiophene rings is 1. The van der Waals surface area contributed by atoms with Crippen LogP contribution in [0.3, 0.4) is 0 Å². The molecular formula is C18H16N4O2S. The summed E-state index contributed by atoms with van der Waals surface area (Å²) in [7, 11) is 0. The van der Waals surface area contributed by atoms with Gasteiger partial charge < -0.3 is 10.6 Å². The number of nitrogens with one attached hydrogen (secondary N) is 2. The van der Waals surface area contributed by atoms with Gasteiger partial charge in [0.1, 0.15) is 11.6 Å². The van der Waals surface area contributed by atoms with Gasteiger partial charge in [0.15, 0.2) is 0 Å². The van der Waals surface area contributed by atoms with Crippen LogP contribution in [0.2, 0.25) is 0 Å². The van der Waals surface area contributed by atoms with Crippen molar-refractivity contribution in [3.05, 3.63) is 69.7 Å². The lowest BCUT2D eigenvalue weighted by molar-refractivity contribution is 0.102. The van der Waals surface area contributed by atoms with Gasteiger partial charge in [0.25, 0.3) is 11.8 Å². The van der Waals surface area contributed by atoms with Gasteiger partial charge >= 0.3 is 0 Å². The Bertz CT molecular complexity index is 862. The lowest BCUT2D eigenvalue weighted by Crippen LogP contribution is -2.13. The van der Waals surface area contributed by atoms with Crippen LogP contribution in [0.15, 0.2) is 48.8 Å². The van der Waals surface area contributed by atoms with E-state index in [2.05, 4.69) is 20.6 Å². The Morgan fingerprint density at radius 3 is 1.64 bits per heavy atom. The molecule has 0 aliphatic carbocycles. The summed E-state index contributed by atoms with van der Waals surface area (Å²) in [6.07, 6.45) is 3.23. The number of hydrogen-bond acceptors (Lipinski definition) is 5. The molecule has 7 heteroatoms. The van der Waals surface area contributed by atoms with Crippen LogP contribution in [-0.2, 0) is 0 Å². The number of nitrogens with zero attached hydrogens (tertiary/aromatic N) is 2. The minimum absolute atomic E-state index is 0.292. The van der Waals surface area contributed by atoms with E-state index in [-0.39, 0.29) is 11.8 Å². The number of rotatable bonds is 4. The first-order valence-electron chi connectivity index (χ1n) is 7.60. The van der Waals surface area contributed by atoms with Gasteiger partial charge in [-0.15, -0.1) is 11.3 Å². The molecule has 126 valence electrons. The van der Waals surface area contributed by atoms with Gasteiger partial charge in [-0.05, 0) is 49.2 Å². The van der Waals surface area contributed by atoms with Crippen molar-refractivity contribution in [2.75, 3.05) is 10.6 Å². The van der Waals surface area contributed by atoms with Crippen LogP contribution in [-0.4, -0.2) is 21.8 Å². The predicted molar refractivity (Wildman–Crippen MR) is 98.2 cm³/mol. The number of amides is 2. The van der Waals surface area contributed by atoms with Crippen molar-refractivity contribution < 1.29 is 9.59 Å². The van der Waals surface area contributed by atoms with Crippen LogP contribution in [0.25, 0.3) is 0 Å². The summed E-state index contributed by atoms with van der Waals surface area (Å²) in [5.74, 6) is 0.437. The van der Waals surface area contributed by atoms with Crippen LogP contribution < -0.4 is 10.6 Å². The molecule has 0 bridgehead atoms. The van der Waals surface area contributed by atoms with Gasteiger partial charge in [-0.3, -0.25) is 9.59 Å². The van der Waals surface area contributed by atoms with Crippen LogP contribution in [0.5, 0.6) is 0 Å². The highest BCUT2D eigenvalue weighted by molar-refractivity contribution is 7.16. The average Bonchev–Trinajstić information content (AvgIpc) is 3.09. The fourth-order valence-corrected chi connectivity index (χ4v) is 2.95. The zero-order chi connectivity index (χ0) is 17.8. The molecule has 0 radical (unpaired) electrons. The smallest absolute Gasteiger partial charge is 0.266 e. The Morgan fingerprint density at radius 1 is 0.800 bits per heavy atom. The number of aromatic nitrogens is 2. The number of pyridine rings is 2. The molecule has 0 spiro atoms. The van der Waals surface area contributed by atoms with Crippen molar-refractivity contribution in [1.29, 1.82) is 0 Å². The average molecular weight is 352 g/mol. The maximum Gasteiger partial charge on any atom is 0.266 e. The second-order valence-corrected chi connectivity index (χ2v) is 6.49. The van der Waals surface area contributed by atoms with Gasteiger partial charge in [0.2, 0.25) is 0 Å². The van der Waals surface area contributed by atoms with E-state index in [4.69, 9.17) is 0 Å². The number of anilines is 2. The first-order chi connectivity index (χ1) is 12.0. The summed E-state index contributed by atoms with van der Waals surface area (Å²) in [5.41, 5.74) is 1.74. The molecular weight excluding hydrogens is 336 g/mol. The monoisotopic (exact) mass is 352 g/mol.